The highest BCUT2D eigenvalue weighted by molar-refractivity contribution is 7.81. The first-order valence-electron chi connectivity index (χ1n) is 7.32. The summed E-state index contributed by atoms with van der Waals surface area (Å²) in [5.41, 5.74) is 9.07. The normalized spacial score (nSPS) is 11.5. The number of hydrogen-bond donors (Lipinski definition) is 3. The molecular weight excluding hydrogens is 328 g/mol. The van der Waals surface area contributed by atoms with Crippen molar-refractivity contribution in [1.29, 1.82) is 0 Å². The molecule has 2 nitrogen and oxygen atoms in total. The van der Waals surface area contributed by atoms with Gasteiger partial charge in [0.25, 0.3) is 0 Å². The lowest BCUT2D eigenvalue weighted by atomic mass is 9.73. The van der Waals surface area contributed by atoms with Crippen LogP contribution in [0.3, 0.4) is 0 Å². The molecule has 0 spiro atoms. The number of hydrogen-bond acceptors (Lipinski definition) is 3. The molecule has 0 aliphatic rings. The van der Waals surface area contributed by atoms with Gasteiger partial charge < -0.3 is 10.8 Å². The summed E-state index contributed by atoms with van der Waals surface area (Å²) in [6.45, 7) is 1.95. The van der Waals surface area contributed by atoms with Crippen LogP contribution in [-0.2, 0) is 6.42 Å². The van der Waals surface area contributed by atoms with Crippen molar-refractivity contribution in [2.75, 3.05) is 5.73 Å². The number of nitrogens with two attached hydrogens (primary N) is 1. The number of anilines is 1. The second-order valence-corrected chi connectivity index (χ2v) is 6.76. The fraction of sp³-hybridized carbons (Fsp3) is 0.125. The molecule has 0 bridgehead atoms. The van der Waals surface area contributed by atoms with Gasteiger partial charge in [-0.3, -0.25) is 0 Å². The van der Waals surface area contributed by atoms with Crippen LogP contribution in [0.5, 0.6) is 5.75 Å². The minimum absolute atomic E-state index is 0.0558. The molecule has 0 fully saturated rings. The van der Waals surface area contributed by atoms with Crippen LogP contribution < -0.4 is 32.9 Å². The van der Waals surface area contributed by atoms with Gasteiger partial charge in [0.1, 0.15) is 37.1 Å². The lowest BCUT2D eigenvalue weighted by molar-refractivity contribution is 0.488. The SMILES string of the molecule is [B]c1cc2c(O)c3c([B])c(S)c(P)c([B])c3c([B])c2c(N)c1CC. The molecule has 3 aromatic carbocycles. The van der Waals surface area contributed by atoms with Gasteiger partial charge in [-0.05, 0) is 22.7 Å². The molecule has 24 heavy (non-hydrogen) atoms. The van der Waals surface area contributed by atoms with Crippen LogP contribution in [0.15, 0.2) is 11.0 Å². The van der Waals surface area contributed by atoms with Crippen LogP contribution >= 0.6 is 21.9 Å². The van der Waals surface area contributed by atoms with E-state index in [1.165, 1.54) is 0 Å². The van der Waals surface area contributed by atoms with Crippen molar-refractivity contribution in [3.05, 3.63) is 11.6 Å². The van der Waals surface area contributed by atoms with Crippen molar-refractivity contribution in [1.82, 2.24) is 0 Å². The number of aromatic hydroxyl groups is 1. The Morgan fingerprint density at radius 3 is 2.29 bits per heavy atom. The molecule has 8 radical (unpaired) electrons. The van der Waals surface area contributed by atoms with E-state index in [1.807, 2.05) is 6.92 Å². The second-order valence-electron chi connectivity index (χ2n) is 5.74. The van der Waals surface area contributed by atoms with E-state index in [-0.39, 0.29) is 5.75 Å². The maximum absolute atomic E-state index is 10.8. The lowest BCUT2D eigenvalue weighted by Gasteiger charge is -2.22. The van der Waals surface area contributed by atoms with Gasteiger partial charge in [-0.1, -0.05) is 34.8 Å². The summed E-state index contributed by atoms with van der Waals surface area (Å²) in [4.78, 5) is 0.477. The molecule has 0 heterocycles. The molecule has 0 amide bonds. The van der Waals surface area contributed by atoms with Crippen molar-refractivity contribution >= 4 is 108 Å². The van der Waals surface area contributed by atoms with E-state index < -0.39 is 0 Å². The Morgan fingerprint density at radius 1 is 1.08 bits per heavy atom. The average Bonchev–Trinajstić information content (AvgIpc) is 2.53. The molecule has 0 saturated heterocycles. The van der Waals surface area contributed by atoms with Crippen LogP contribution in [0.25, 0.3) is 21.5 Å². The smallest absolute Gasteiger partial charge is 0.130 e. The van der Waals surface area contributed by atoms with Crippen molar-refractivity contribution in [3.63, 3.8) is 0 Å². The highest BCUT2D eigenvalue weighted by Gasteiger charge is 2.20. The van der Waals surface area contributed by atoms with Crippen molar-refractivity contribution in [3.8, 4) is 5.75 Å². The van der Waals surface area contributed by atoms with Gasteiger partial charge in [-0.15, -0.1) is 21.9 Å². The fourth-order valence-corrected chi connectivity index (χ4v) is 3.75. The monoisotopic (exact) mass is 341 g/mol. The molecule has 3 aromatic rings. The second kappa shape index (κ2) is 5.96. The highest BCUT2D eigenvalue weighted by Crippen LogP contribution is 2.34. The van der Waals surface area contributed by atoms with Gasteiger partial charge in [-0.2, -0.15) is 0 Å². The molecule has 3 N–H and O–H groups in total. The van der Waals surface area contributed by atoms with E-state index in [1.54, 1.807) is 6.07 Å². The molecule has 1 atom stereocenters. The average molecular weight is 341 g/mol. The quantitative estimate of drug-likeness (QED) is 0.171. The van der Waals surface area contributed by atoms with Crippen LogP contribution in [0, 0.1) is 0 Å². The van der Waals surface area contributed by atoms with Gasteiger partial charge in [0.15, 0.2) is 0 Å². The summed E-state index contributed by atoms with van der Waals surface area (Å²) in [5, 5.41) is 13.3. The molecule has 8 heteroatoms. The molecule has 0 aliphatic heterocycles. The zero-order valence-corrected chi connectivity index (χ0v) is 15.2. The number of fused-ring (bicyclic) bond motifs is 2. The zero-order valence-electron chi connectivity index (χ0n) is 13.1. The zero-order chi connectivity index (χ0) is 17.9. The lowest BCUT2D eigenvalue weighted by Crippen LogP contribution is -2.33. The third-order valence-corrected chi connectivity index (χ3v) is 5.81. The number of benzene rings is 3. The Kier molecular flexibility index (Phi) is 4.38. The molecule has 1 unspecified atom stereocenters. The van der Waals surface area contributed by atoms with Gasteiger partial charge in [-0.25, -0.2) is 0 Å². The third kappa shape index (κ3) is 2.21. The van der Waals surface area contributed by atoms with E-state index in [4.69, 9.17) is 37.1 Å². The van der Waals surface area contributed by atoms with E-state index in [9.17, 15) is 5.11 Å². The molecular formula is C16H12B4NOPS. The van der Waals surface area contributed by atoms with Gasteiger partial charge in [0.2, 0.25) is 0 Å². The number of phenolic OH excluding ortho intramolecular Hbond substituents is 1. The van der Waals surface area contributed by atoms with Crippen LogP contribution in [0.4, 0.5) is 5.69 Å². The number of thiol groups is 1. The van der Waals surface area contributed by atoms with Crippen LogP contribution in [0.1, 0.15) is 12.5 Å². The maximum atomic E-state index is 10.8. The van der Waals surface area contributed by atoms with E-state index in [0.717, 1.165) is 5.56 Å². The Morgan fingerprint density at radius 2 is 1.71 bits per heavy atom. The number of rotatable bonds is 1. The molecule has 3 rings (SSSR count). The minimum atomic E-state index is -0.0558. The Balaban J connectivity index is 2.73. The first kappa shape index (κ1) is 17.6. The first-order valence-corrected chi connectivity index (χ1v) is 8.34. The predicted octanol–water partition coefficient (Wildman–Crippen LogP) is -1.19. The van der Waals surface area contributed by atoms with Crippen molar-refractivity contribution in [2.24, 2.45) is 0 Å². The highest BCUT2D eigenvalue weighted by atomic mass is 32.1. The van der Waals surface area contributed by atoms with E-state index in [2.05, 4.69) is 21.9 Å². The Bertz CT molecular complexity index is 1040. The number of nitrogen functional groups attached to an aromatic ring is 1. The summed E-state index contributed by atoms with van der Waals surface area (Å²) in [6.07, 6.45) is 0.647. The predicted molar refractivity (Wildman–Crippen MR) is 115 cm³/mol. The van der Waals surface area contributed by atoms with Crippen molar-refractivity contribution in [2.45, 2.75) is 18.2 Å². The molecule has 0 aromatic heterocycles. The molecule has 110 valence electrons. The largest absolute Gasteiger partial charge is 0.507 e. The van der Waals surface area contributed by atoms with Gasteiger partial charge in [0, 0.05) is 26.7 Å². The summed E-state index contributed by atoms with van der Waals surface area (Å²) in [6, 6.07) is 1.66. The summed E-state index contributed by atoms with van der Waals surface area (Å²) in [7, 11) is 27.3. The summed E-state index contributed by atoms with van der Waals surface area (Å²) >= 11 is 4.38. The first-order chi connectivity index (χ1) is 11.2. The molecule has 0 saturated carbocycles. The van der Waals surface area contributed by atoms with E-state index in [0.29, 0.717) is 65.7 Å². The molecule has 0 aliphatic carbocycles. The Labute approximate surface area is 154 Å². The topological polar surface area (TPSA) is 46.2 Å². The van der Waals surface area contributed by atoms with Crippen LogP contribution in [0.2, 0.25) is 0 Å². The maximum Gasteiger partial charge on any atom is 0.130 e. The third-order valence-electron chi connectivity index (χ3n) is 4.49. The fourth-order valence-electron chi connectivity index (χ4n) is 3.22. The Hall–Kier alpha value is -1.18. The van der Waals surface area contributed by atoms with Gasteiger partial charge >= 0.3 is 0 Å². The number of phenols is 1. The van der Waals surface area contributed by atoms with Crippen molar-refractivity contribution < 1.29 is 5.11 Å². The standard InChI is InChI=1S/C16H12B4NOPS/c1-2-4-6(17)3-5-7(13(4)21)10(18)8-9(14(5)22)12(20)16(24)15(23)11(8)19/h3,22,24H,2,21,23H2,1H3. The van der Waals surface area contributed by atoms with E-state index >= 15 is 0 Å². The van der Waals surface area contributed by atoms with Gasteiger partial charge in [0.05, 0.1) is 0 Å². The van der Waals surface area contributed by atoms with Crippen LogP contribution in [-0.4, -0.2) is 36.5 Å². The summed E-state index contributed by atoms with van der Waals surface area (Å²) in [5.74, 6) is -0.0558. The minimum Gasteiger partial charge on any atom is -0.507 e. The summed E-state index contributed by atoms with van der Waals surface area (Å²) < 4.78 is 0.